The maximum atomic E-state index is 4.20. The second kappa shape index (κ2) is 3.05. The molecule has 0 aromatic carbocycles. The molecular formula is C6H11N3S. The summed E-state index contributed by atoms with van der Waals surface area (Å²) in [6, 6.07) is 0. The Bertz CT molecular complexity index is 207. The molecule has 1 rings (SSSR count). The second-order valence-electron chi connectivity index (χ2n) is 2.36. The highest BCUT2D eigenvalue weighted by atomic mass is 32.2. The Morgan fingerprint density at radius 1 is 1.60 bits per heavy atom. The van der Waals surface area contributed by atoms with Crippen LogP contribution in [0.25, 0.3) is 0 Å². The zero-order valence-electron chi connectivity index (χ0n) is 6.40. The van der Waals surface area contributed by atoms with Crippen molar-refractivity contribution in [2.45, 2.75) is 19.8 Å². The van der Waals surface area contributed by atoms with E-state index in [2.05, 4.69) is 24.0 Å². The average Bonchev–Trinajstić information content (AvgIpc) is 2.34. The third kappa shape index (κ3) is 1.50. The summed E-state index contributed by atoms with van der Waals surface area (Å²) in [6.45, 7) is 4.21. The first-order valence-corrected chi connectivity index (χ1v) is 4.39. The summed E-state index contributed by atoms with van der Waals surface area (Å²) in [4.78, 5) is 0. The molecule has 10 heavy (non-hydrogen) atoms. The molecule has 0 unspecified atom stereocenters. The highest BCUT2D eigenvalue weighted by molar-refractivity contribution is 7.96. The van der Waals surface area contributed by atoms with E-state index in [4.69, 9.17) is 0 Å². The van der Waals surface area contributed by atoms with Crippen molar-refractivity contribution in [3.63, 3.8) is 0 Å². The fraction of sp³-hybridized carbons (Fsp3) is 0.667. The minimum atomic E-state index is 0.473. The molecule has 0 saturated heterocycles. The van der Waals surface area contributed by atoms with Gasteiger partial charge in [0.1, 0.15) is 0 Å². The van der Waals surface area contributed by atoms with E-state index in [1.807, 2.05) is 6.26 Å². The third-order valence-corrected chi connectivity index (χ3v) is 1.75. The van der Waals surface area contributed by atoms with Crippen LogP contribution >= 0.6 is 11.9 Å². The molecule has 56 valence electrons. The molecule has 0 amide bonds. The molecular weight excluding hydrogens is 146 g/mol. The van der Waals surface area contributed by atoms with E-state index in [-0.39, 0.29) is 0 Å². The molecule has 1 aromatic rings. The highest BCUT2D eigenvalue weighted by Crippen LogP contribution is 2.09. The number of aromatic nitrogens is 3. The Morgan fingerprint density at radius 2 is 2.30 bits per heavy atom. The van der Waals surface area contributed by atoms with Crippen molar-refractivity contribution in [3.05, 3.63) is 11.9 Å². The fourth-order valence-corrected chi connectivity index (χ4v) is 0.929. The molecule has 0 aliphatic heterocycles. The van der Waals surface area contributed by atoms with Gasteiger partial charge in [-0.25, -0.2) is 0 Å². The lowest BCUT2D eigenvalue weighted by Gasteiger charge is -1.94. The van der Waals surface area contributed by atoms with Crippen molar-refractivity contribution < 1.29 is 0 Å². The molecule has 4 heteroatoms. The Labute approximate surface area is 64.9 Å². The van der Waals surface area contributed by atoms with Crippen molar-refractivity contribution in [2.75, 3.05) is 6.26 Å². The Hall–Kier alpha value is -0.510. The maximum absolute atomic E-state index is 4.20. The van der Waals surface area contributed by atoms with Crippen molar-refractivity contribution in [3.8, 4) is 0 Å². The zero-order chi connectivity index (χ0) is 7.56. The molecule has 0 fully saturated rings. The van der Waals surface area contributed by atoms with Gasteiger partial charge < -0.3 is 0 Å². The van der Waals surface area contributed by atoms with E-state index >= 15 is 0 Å². The molecule has 1 aromatic heterocycles. The molecule has 0 spiro atoms. The van der Waals surface area contributed by atoms with Crippen molar-refractivity contribution in [1.82, 2.24) is 14.4 Å². The van der Waals surface area contributed by atoms with Crippen LogP contribution in [0.2, 0.25) is 0 Å². The molecule has 3 nitrogen and oxygen atoms in total. The van der Waals surface area contributed by atoms with Gasteiger partial charge in [0.25, 0.3) is 0 Å². The molecule has 0 atom stereocenters. The van der Waals surface area contributed by atoms with Crippen LogP contribution in [0.15, 0.2) is 6.20 Å². The summed E-state index contributed by atoms with van der Waals surface area (Å²) >= 11 is 1.50. The fourth-order valence-electron chi connectivity index (χ4n) is 0.611. The summed E-state index contributed by atoms with van der Waals surface area (Å²) in [7, 11) is 0. The average molecular weight is 157 g/mol. The van der Waals surface area contributed by atoms with Crippen LogP contribution in [0.4, 0.5) is 0 Å². The topological polar surface area (TPSA) is 30.7 Å². The summed E-state index contributed by atoms with van der Waals surface area (Å²) in [6.07, 6.45) is 3.76. The van der Waals surface area contributed by atoms with Crippen LogP contribution in [0.1, 0.15) is 25.5 Å². The predicted molar refractivity (Wildman–Crippen MR) is 43.0 cm³/mol. The minimum Gasteiger partial charge on any atom is -0.150 e. The van der Waals surface area contributed by atoms with Gasteiger partial charge >= 0.3 is 0 Å². The smallest absolute Gasteiger partial charge is 0.0863 e. The Kier molecular flexibility index (Phi) is 2.32. The lowest BCUT2D eigenvalue weighted by atomic mass is 10.2. The molecule has 0 saturated carbocycles. The zero-order valence-corrected chi connectivity index (χ0v) is 7.22. The first kappa shape index (κ1) is 7.60. The van der Waals surface area contributed by atoms with Crippen molar-refractivity contribution >= 4 is 11.9 Å². The number of hydrogen-bond donors (Lipinski definition) is 0. The summed E-state index contributed by atoms with van der Waals surface area (Å²) in [5.41, 5.74) is 1.05. The van der Waals surface area contributed by atoms with Crippen LogP contribution < -0.4 is 0 Å². The van der Waals surface area contributed by atoms with E-state index in [1.54, 1.807) is 10.4 Å². The van der Waals surface area contributed by atoms with Crippen molar-refractivity contribution in [1.29, 1.82) is 0 Å². The largest absolute Gasteiger partial charge is 0.150 e. The highest BCUT2D eigenvalue weighted by Gasteiger charge is 2.02. The van der Waals surface area contributed by atoms with Gasteiger partial charge in [-0.05, 0) is 17.9 Å². The first-order chi connectivity index (χ1) is 4.74. The van der Waals surface area contributed by atoms with Crippen LogP contribution in [0.5, 0.6) is 0 Å². The second-order valence-corrected chi connectivity index (χ2v) is 3.05. The first-order valence-electron chi connectivity index (χ1n) is 3.20. The lowest BCUT2D eigenvalue weighted by Crippen LogP contribution is -1.92. The summed E-state index contributed by atoms with van der Waals surface area (Å²) in [5.74, 6) is 0.473. The lowest BCUT2D eigenvalue weighted by molar-refractivity contribution is 0.782. The van der Waals surface area contributed by atoms with Gasteiger partial charge in [-0.1, -0.05) is 13.8 Å². The van der Waals surface area contributed by atoms with Gasteiger partial charge in [0.2, 0.25) is 0 Å². The quantitative estimate of drug-likeness (QED) is 0.652. The van der Waals surface area contributed by atoms with Gasteiger partial charge in [0.05, 0.1) is 11.9 Å². The van der Waals surface area contributed by atoms with Gasteiger partial charge in [-0.2, -0.15) is 5.10 Å². The standard InChI is InChI=1S/C6H11N3S/c1-5(2)6-4-7-9(8-6)10-3/h4-5H,1-3H3. The minimum absolute atomic E-state index is 0.473. The van der Waals surface area contributed by atoms with Crippen LogP contribution in [-0.2, 0) is 0 Å². The summed E-state index contributed by atoms with van der Waals surface area (Å²) < 4.78 is 1.62. The number of hydrogen-bond acceptors (Lipinski definition) is 3. The van der Waals surface area contributed by atoms with Crippen LogP contribution in [0.3, 0.4) is 0 Å². The van der Waals surface area contributed by atoms with E-state index < -0.39 is 0 Å². The Balaban J connectivity index is 2.78. The molecule has 0 aliphatic rings. The third-order valence-electron chi connectivity index (χ3n) is 1.24. The molecule has 1 heterocycles. The van der Waals surface area contributed by atoms with E-state index in [9.17, 15) is 0 Å². The van der Waals surface area contributed by atoms with E-state index in [0.29, 0.717) is 5.92 Å². The number of nitrogens with zero attached hydrogens (tertiary/aromatic N) is 3. The summed E-state index contributed by atoms with van der Waals surface area (Å²) in [5, 5.41) is 8.22. The van der Waals surface area contributed by atoms with Gasteiger partial charge in [0, 0.05) is 6.26 Å². The molecule has 0 bridgehead atoms. The van der Waals surface area contributed by atoms with E-state index in [0.717, 1.165) is 5.69 Å². The van der Waals surface area contributed by atoms with Gasteiger partial charge in [0.15, 0.2) is 0 Å². The normalized spacial score (nSPS) is 10.8. The number of rotatable bonds is 2. The maximum Gasteiger partial charge on any atom is 0.0863 e. The van der Waals surface area contributed by atoms with E-state index in [1.165, 1.54) is 11.9 Å². The van der Waals surface area contributed by atoms with Crippen LogP contribution in [0, 0.1) is 0 Å². The molecule has 0 N–H and O–H groups in total. The van der Waals surface area contributed by atoms with Crippen molar-refractivity contribution in [2.24, 2.45) is 0 Å². The predicted octanol–water partition coefficient (Wildman–Crippen LogP) is 1.53. The molecule has 0 aliphatic carbocycles. The Morgan fingerprint density at radius 3 is 2.60 bits per heavy atom. The van der Waals surface area contributed by atoms with Gasteiger partial charge in [-0.15, -0.1) is 9.30 Å². The monoisotopic (exact) mass is 157 g/mol. The van der Waals surface area contributed by atoms with Gasteiger partial charge in [-0.3, -0.25) is 0 Å². The SMILES string of the molecule is CSn1ncc(C(C)C)n1. The molecule has 0 radical (unpaired) electrons. The van der Waals surface area contributed by atoms with Crippen LogP contribution in [-0.4, -0.2) is 20.7 Å².